The van der Waals surface area contributed by atoms with Crippen LogP contribution in [-0.2, 0) is 24.3 Å². The van der Waals surface area contributed by atoms with Crippen molar-refractivity contribution in [3.63, 3.8) is 0 Å². The second-order valence-electron chi connectivity index (χ2n) is 6.07. The maximum absolute atomic E-state index is 12.5. The van der Waals surface area contributed by atoms with Gasteiger partial charge in [-0.1, -0.05) is 12.1 Å². The Labute approximate surface area is 144 Å². The van der Waals surface area contributed by atoms with Crippen LogP contribution < -0.4 is 5.56 Å². The van der Waals surface area contributed by atoms with Gasteiger partial charge in [0.05, 0.1) is 22.9 Å². The Kier molecular flexibility index (Phi) is 3.97. The Morgan fingerprint density at radius 1 is 1.20 bits per heavy atom. The molecule has 0 radical (unpaired) electrons. The fourth-order valence-electron chi connectivity index (χ4n) is 3.12. The van der Waals surface area contributed by atoms with Gasteiger partial charge >= 0.3 is 0 Å². The number of benzene rings is 1. The summed E-state index contributed by atoms with van der Waals surface area (Å²) < 4.78 is 1.50. The molecule has 0 atom stereocenters. The molecule has 0 unspecified atom stereocenters. The number of aromatic nitrogens is 4. The molecule has 0 bridgehead atoms. The van der Waals surface area contributed by atoms with Crippen LogP contribution in [0, 0.1) is 0 Å². The summed E-state index contributed by atoms with van der Waals surface area (Å²) in [6, 6.07) is 7.22. The molecule has 1 aliphatic rings. The van der Waals surface area contributed by atoms with Gasteiger partial charge in [-0.3, -0.25) is 14.2 Å². The molecule has 3 heterocycles. The van der Waals surface area contributed by atoms with Crippen LogP contribution in [-0.4, -0.2) is 36.9 Å². The zero-order chi connectivity index (χ0) is 17.2. The average Bonchev–Trinajstić information content (AvgIpc) is 2.67. The molecule has 4 rings (SSSR count). The average molecular weight is 335 g/mol. The van der Waals surface area contributed by atoms with Gasteiger partial charge in [-0.05, 0) is 12.1 Å². The summed E-state index contributed by atoms with van der Waals surface area (Å²) in [5.74, 6) is 0.0227. The number of carbonyl (C=O) groups is 1. The van der Waals surface area contributed by atoms with Crippen LogP contribution in [0.2, 0.25) is 0 Å². The second kappa shape index (κ2) is 6.43. The van der Waals surface area contributed by atoms with E-state index < -0.39 is 0 Å². The molecule has 1 aliphatic heterocycles. The number of aryl methyl sites for hydroxylation is 1. The highest BCUT2D eigenvalue weighted by Crippen LogP contribution is 2.16. The number of amides is 1. The molecule has 1 amide bonds. The monoisotopic (exact) mass is 335 g/mol. The van der Waals surface area contributed by atoms with Crippen LogP contribution in [0.25, 0.3) is 10.9 Å². The van der Waals surface area contributed by atoms with E-state index in [2.05, 4.69) is 15.0 Å². The van der Waals surface area contributed by atoms with Crippen molar-refractivity contribution in [3.8, 4) is 0 Å². The van der Waals surface area contributed by atoms with Gasteiger partial charge in [0.1, 0.15) is 6.33 Å². The van der Waals surface area contributed by atoms with Crippen molar-refractivity contribution in [2.24, 2.45) is 0 Å². The van der Waals surface area contributed by atoms with Gasteiger partial charge in [0.2, 0.25) is 5.91 Å². The molecule has 0 saturated heterocycles. The highest BCUT2D eigenvalue weighted by Gasteiger charge is 2.21. The number of rotatable bonds is 3. The summed E-state index contributed by atoms with van der Waals surface area (Å²) in [7, 11) is 0. The first-order valence-corrected chi connectivity index (χ1v) is 8.22. The Morgan fingerprint density at radius 3 is 3.00 bits per heavy atom. The molecule has 1 aromatic carbocycles. The van der Waals surface area contributed by atoms with E-state index in [1.165, 1.54) is 17.2 Å². The summed E-state index contributed by atoms with van der Waals surface area (Å²) in [5, 5.41) is 0.571. The first-order valence-electron chi connectivity index (χ1n) is 8.22. The number of para-hydroxylation sites is 1. The Balaban J connectivity index is 1.46. The molecule has 7 nitrogen and oxygen atoms in total. The third kappa shape index (κ3) is 3.00. The number of hydrogen-bond donors (Lipinski definition) is 0. The van der Waals surface area contributed by atoms with Crippen molar-refractivity contribution in [1.29, 1.82) is 0 Å². The van der Waals surface area contributed by atoms with Crippen molar-refractivity contribution in [1.82, 2.24) is 24.4 Å². The minimum Gasteiger partial charge on any atom is -0.338 e. The lowest BCUT2D eigenvalue weighted by atomic mass is 10.1. The normalized spacial score (nSPS) is 13.7. The molecule has 25 heavy (non-hydrogen) atoms. The molecule has 7 heteroatoms. The highest BCUT2D eigenvalue weighted by atomic mass is 16.2. The fraction of sp³-hybridized carbons (Fsp3) is 0.278. The van der Waals surface area contributed by atoms with Crippen LogP contribution >= 0.6 is 0 Å². The van der Waals surface area contributed by atoms with Crippen LogP contribution in [0.1, 0.15) is 17.7 Å². The van der Waals surface area contributed by atoms with Gasteiger partial charge in [-0.25, -0.2) is 15.0 Å². The standard InChI is InChI=1S/C18H17N5O2/c24-17(22-7-5-15-13(10-22)9-19-11-20-15)6-8-23-12-21-16-4-2-1-3-14(16)18(23)25/h1-4,9,11-12H,5-8,10H2. The third-order valence-corrected chi connectivity index (χ3v) is 4.51. The van der Waals surface area contributed by atoms with Crippen molar-refractivity contribution >= 4 is 16.8 Å². The Morgan fingerprint density at radius 2 is 2.08 bits per heavy atom. The van der Waals surface area contributed by atoms with E-state index in [4.69, 9.17) is 0 Å². The van der Waals surface area contributed by atoms with Crippen LogP contribution in [0.5, 0.6) is 0 Å². The summed E-state index contributed by atoms with van der Waals surface area (Å²) >= 11 is 0. The number of hydrogen-bond acceptors (Lipinski definition) is 5. The predicted octanol–water partition coefficient (Wildman–Crippen LogP) is 1.16. The number of nitrogens with zero attached hydrogens (tertiary/aromatic N) is 5. The third-order valence-electron chi connectivity index (χ3n) is 4.51. The Hall–Kier alpha value is -3.09. The van der Waals surface area contributed by atoms with Gasteiger partial charge in [-0.2, -0.15) is 0 Å². The van der Waals surface area contributed by atoms with E-state index in [1.54, 1.807) is 23.2 Å². The minimum atomic E-state index is -0.115. The van der Waals surface area contributed by atoms with Gasteiger partial charge in [0.25, 0.3) is 5.56 Å². The van der Waals surface area contributed by atoms with Crippen LogP contribution in [0.3, 0.4) is 0 Å². The van der Waals surface area contributed by atoms with Gasteiger partial charge in [0, 0.05) is 44.2 Å². The molecule has 0 aliphatic carbocycles. The zero-order valence-corrected chi connectivity index (χ0v) is 13.6. The maximum atomic E-state index is 12.5. The molecular formula is C18H17N5O2. The molecule has 0 spiro atoms. The lowest BCUT2D eigenvalue weighted by molar-refractivity contribution is -0.132. The quantitative estimate of drug-likeness (QED) is 0.717. The number of carbonyl (C=O) groups excluding carboxylic acids is 1. The van der Waals surface area contributed by atoms with E-state index in [0.29, 0.717) is 30.5 Å². The molecule has 0 saturated carbocycles. The van der Waals surface area contributed by atoms with E-state index >= 15 is 0 Å². The Bertz CT molecular complexity index is 998. The minimum absolute atomic E-state index is 0.0227. The van der Waals surface area contributed by atoms with Crippen molar-refractivity contribution in [2.45, 2.75) is 25.9 Å². The van der Waals surface area contributed by atoms with Gasteiger partial charge in [-0.15, -0.1) is 0 Å². The highest BCUT2D eigenvalue weighted by molar-refractivity contribution is 5.77. The van der Waals surface area contributed by atoms with E-state index in [1.807, 2.05) is 12.1 Å². The van der Waals surface area contributed by atoms with E-state index in [0.717, 1.165) is 17.7 Å². The largest absolute Gasteiger partial charge is 0.338 e. The lowest BCUT2D eigenvalue weighted by Gasteiger charge is -2.28. The summed E-state index contributed by atoms with van der Waals surface area (Å²) in [5.41, 5.74) is 2.55. The topological polar surface area (TPSA) is 81.0 Å². The van der Waals surface area contributed by atoms with Crippen molar-refractivity contribution < 1.29 is 4.79 Å². The first-order chi connectivity index (χ1) is 12.2. The van der Waals surface area contributed by atoms with Crippen molar-refractivity contribution in [3.05, 3.63) is 64.7 Å². The van der Waals surface area contributed by atoms with Crippen LogP contribution in [0.15, 0.2) is 47.9 Å². The second-order valence-corrected chi connectivity index (χ2v) is 6.07. The molecule has 126 valence electrons. The van der Waals surface area contributed by atoms with E-state index in [9.17, 15) is 9.59 Å². The summed E-state index contributed by atoms with van der Waals surface area (Å²) in [6.45, 7) is 1.50. The van der Waals surface area contributed by atoms with E-state index in [-0.39, 0.29) is 17.9 Å². The van der Waals surface area contributed by atoms with Gasteiger partial charge in [0.15, 0.2) is 0 Å². The zero-order valence-electron chi connectivity index (χ0n) is 13.6. The smallest absolute Gasteiger partial charge is 0.261 e. The molecule has 0 fully saturated rings. The lowest BCUT2D eigenvalue weighted by Crippen LogP contribution is -2.37. The fourth-order valence-corrected chi connectivity index (χ4v) is 3.12. The molecular weight excluding hydrogens is 318 g/mol. The van der Waals surface area contributed by atoms with Crippen molar-refractivity contribution in [2.75, 3.05) is 6.54 Å². The SMILES string of the molecule is O=C(CCn1cnc2ccccc2c1=O)N1CCc2ncncc2C1. The molecule has 0 N–H and O–H groups in total. The van der Waals surface area contributed by atoms with Crippen LogP contribution in [0.4, 0.5) is 0 Å². The summed E-state index contributed by atoms with van der Waals surface area (Å²) in [6.07, 6.45) is 5.82. The maximum Gasteiger partial charge on any atom is 0.261 e. The van der Waals surface area contributed by atoms with Gasteiger partial charge < -0.3 is 4.90 Å². The molecule has 2 aromatic heterocycles. The predicted molar refractivity (Wildman–Crippen MR) is 91.8 cm³/mol. The summed E-state index contributed by atoms with van der Waals surface area (Å²) in [4.78, 5) is 39.3. The number of fused-ring (bicyclic) bond motifs is 2. The molecule has 3 aromatic rings. The first kappa shape index (κ1) is 15.4.